The molecular weight excluding hydrogens is 280 g/mol. The second-order valence-electron chi connectivity index (χ2n) is 4.79. The van der Waals surface area contributed by atoms with Crippen LogP contribution in [0.5, 0.6) is 0 Å². The van der Waals surface area contributed by atoms with E-state index < -0.39 is 31.1 Å². The Morgan fingerprint density at radius 1 is 1.38 bits per heavy atom. The quantitative estimate of drug-likeness (QED) is 0.275. The third-order valence-electron chi connectivity index (χ3n) is 3.50. The van der Waals surface area contributed by atoms with Gasteiger partial charge in [0.15, 0.2) is 11.9 Å². The van der Waals surface area contributed by atoms with Gasteiger partial charge in [-0.1, -0.05) is 0 Å². The minimum Gasteiger partial charge on any atom is -0.394 e. The van der Waals surface area contributed by atoms with Crippen LogP contribution in [0.4, 0.5) is 11.5 Å². The van der Waals surface area contributed by atoms with Gasteiger partial charge in [0.25, 0.3) is 0 Å². The number of anilines is 2. The average Bonchev–Trinajstić information content (AvgIpc) is 3.01. The molecule has 10 heteroatoms. The summed E-state index contributed by atoms with van der Waals surface area (Å²) in [7, 11) is 0. The van der Waals surface area contributed by atoms with E-state index in [9.17, 15) is 10.2 Å². The lowest BCUT2D eigenvalue weighted by atomic mass is 10.1. The Kier molecular flexibility index (Phi) is 3.39. The van der Waals surface area contributed by atoms with Crippen LogP contribution >= 0.6 is 0 Å². The van der Waals surface area contributed by atoms with Gasteiger partial charge < -0.3 is 31.2 Å². The zero-order chi connectivity index (χ0) is 15.1. The van der Waals surface area contributed by atoms with Gasteiger partial charge in [0.05, 0.1) is 18.6 Å². The predicted molar refractivity (Wildman–Crippen MR) is 72.8 cm³/mol. The van der Waals surface area contributed by atoms with Gasteiger partial charge in [-0.25, -0.2) is 9.97 Å². The van der Waals surface area contributed by atoms with Crippen molar-refractivity contribution >= 4 is 22.7 Å². The largest absolute Gasteiger partial charge is 0.394 e. The van der Waals surface area contributed by atoms with Crippen LogP contribution < -0.4 is 17.0 Å². The molecule has 21 heavy (non-hydrogen) atoms. The SMILES string of the molecule is NNc1cc(N)nc2c1ncn2[C@@H]1O[C@H](CO)[C@@H](O)[C@H]1O. The van der Waals surface area contributed by atoms with E-state index in [0.29, 0.717) is 16.9 Å². The van der Waals surface area contributed by atoms with Crippen LogP contribution in [0.2, 0.25) is 0 Å². The zero-order valence-corrected chi connectivity index (χ0v) is 10.9. The molecule has 0 unspecified atom stereocenters. The Morgan fingerprint density at radius 3 is 2.76 bits per heavy atom. The van der Waals surface area contributed by atoms with Crippen LogP contribution in [0.25, 0.3) is 11.2 Å². The number of nitrogen functional groups attached to an aromatic ring is 2. The highest BCUT2D eigenvalue weighted by atomic mass is 16.6. The second-order valence-corrected chi connectivity index (χ2v) is 4.79. The summed E-state index contributed by atoms with van der Waals surface area (Å²) in [6.07, 6.45) is -2.83. The number of nitrogens with zero attached hydrogens (tertiary/aromatic N) is 3. The number of nitrogens with two attached hydrogens (primary N) is 2. The average molecular weight is 296 g/mol. The van der Waals surface area contributed by atoms with Gasteiger partial charge in [0.1, 0.15) is 29.6 Å². The van der Waals surface area contributed by atoms with E-state index in [2.05, 4.69) is 15.4 Å². The van der Waals surface area contributed by atoms with Gasteiger partial charge in [0.2, 0.25) is 0 Å². The molecule has 10 nitrogen and oxygen atoms in total. The molecule has 1 aliphatic rings. The van der Waals surface area contributed by atoms with E-state index in [4.69, 9.17) is 21.4 Å². The van der Waals surface area contributed by atoms with Gasteiger partial charge in [-0.2, -0.15) is 0 Å². The lowest BCUT2D eigenvalue weighted by Crippen LogP contribution is -2.33. The summed E-state index contributed by atoms with van der Waals surface area (Å²) in [5.41, 5.74) is 9.44. The third-order valence-corrected chi connectivity index (χ3v) is 3.50. The summed E-state index contributed by atoms with van der Waals surface area (Å²) in [6.45, 7) is -0.410. The van der Waals surface area contributed by atoms with E-state index in [1.807, 2.05) is 0 Å². The van der Waals surface area contributed by atoms with E-state index in [-0.39, 0.29) is 5.82 Å². The Balaban J connectivity index is 2.07. The molecular formula is C11H16N6O4. The Morgan fingerprint density at radius 2 is 2.14 bits per heavy atom. The summed E-state index contributed by atoms with van der Waals surface area (Å²) in [6, 6.07) is 1.52. The first-order valence-corrected chi connectivity index (χ1v) is 6.29. The number of hydrazine groups is 1. The van der Waals surface area contributed by atoms with E-state index in [1.165, 1.54) is 17.0 Å². The number of hydrogen-bond donors (Lipinski definition) is 6. The summed E-state index contributed by atoms with van der Waals surface area (Å²) < 4.78 is 6.88. The summed E-state index contributed by atoms with van der Waals surface area (Å²) in [5, 5.41) is 29.0. The van der Waals surface area contributed by atoms with Crippen molar-refractivity contribution in [2.75, 3.05) is 17.8 Å². The van der Waals surface area contributed by atoms with E-state index >= 15 is 0 Å². The van der Waals surface area contributed by atoms with Crippen molar-refractivity contribution in [2.24, 2.45) is 5.84 Å². The molecule has 2 aromatic rings. The number of hydrogen-bond acceptors (Lipinski definition) is 9. The van der Waals surface area contributed by atoms with Crippen molar-refractivity contribution in [2.45, 2.75) is 24.5 Å². The molecule has 1 aliphatic heterocycles. The molecule has 4 atom stereocenters. The van der Waals surface area contributed by atoms with E-state index in [1.54, 1.807) is 0 Å². The van der Waals surface area contributed by atoms with Gasteiger partial charge in [-0.05, 0) is 0 Å². The lowest BCUT2D eigenvalue weighted by Gasteiger charge is -2.16. The summed E-state index contributed by atoms with van der Waals surface area (Å²) in [4.78, 5) is 8.30. The Hall–Kier alpha value is -1.98. The van der Waals surface area contributed by atoms with Crippen molar-refractivity contribution in [3.8, 4) is 0 Å². The Labute approximate surface area is 118 Å². The molecule has 3 rings (SSSR count). The van der Waals surface area contributed by atoms with Gasteiger partial charge in [-0.15, -0.1) is 0 Å². The second kappa shape index (κ2) is 5.09. The molecule has 114 valence electrons. The fraction of sp³-hybridized carbons (Fsp3) is 0.455. The van der Waals surface area contributed by atoms with Crippen LogP contribution in [0, 0.1) is 0 Å². The molecule has 0 aromatic carbocycles. The molecule has 3 heterocycles. The first-order valence-electron chi connectivity index (χ1n) is 6.29. The van der Waals surface area contributed by atoms with Crippen molar-refractivity contribution in [3.63, 3.8) is 0 Å². The first kappa shape index (κ1) is 14.0. The van der Waals surface area contributed by atoms with Crippen LogP contribution in [-0.2, 0) is 4.74 Å². The number of nitrogens with one attached hydrogen (secondary N) is 1. The number of aromatic nitrogens is 3. The molecule has 0 bridgehead atoms. The summed E-state index contributed by atoms with van der Waals surface area (Å²) in [5.74, 6) is 5.62. The standard InChI is InChI=1S/C11H16N6O4/c12-6-1-4(16-13)7-10(15-6)17(3-14-7)11-9(20)8(19)5(2-18)21-11/h1,3,5,8-9,11,18-20H,2,13H2,(H3,12,15,16)/t5-,8-,9-,11-/m1/s1. The maximum Gasteiger partial charge on any atom is 0.166 e. The number of aliphatic hydroxyl groups is 3. The zero-order valence-electron chi connectivity index (χ0n) is 10.9. The van der Waals surface area contributed by atoms with Gasteiger partial charge >= 0.3 is 0 Å². The fourth-order valence-corrected chi connectivity index (χ4v) is 2.43. The molecule has 0 aliphatic carbocycles. The van der Waals surface area contributed by atoms with Crippen LogP contribution in [0.15, 0.2) is 12.4 Å². The normalized spacial score (nSPS) is 29.1. The lowest BCUT2D eigenvalue weighted by molar-refractivity contribution is -0.0511. The van der Waals surface area contributed by atoms with Crippen LogP contribution in [0.1, 0.15) is 6.23 Å². The number of aliphatic hydroxyl groups excluding tert-OH is 3. The highest BCUT2D eigenvalue weighted by molar-refractivity contribution is 5.87. The van der Waals surface area contributed by atoms with Gasteiger partial charge in [0, 0.05) is 6.07 Å². The highest BCUT2D eigenvalue weighted by Crippen LogP contribution is 2.32. The smallest absolute Gasteiger partial charge is 0.166 e. The third kappa shape index (κ3) is 2.09. The molecule has 2 aromatic heterocycles. The molecule has 0 spiro atoms. The number of pyridine rings is 1. The van der Waals surface area contributed by atoms with Crippen molar-refractivity contribution in [1.82, 2.24) is 14.5 Å². The highest BCUT2D eigenvalue weighted by Gasteiger charge is 2.44. The topological polar surface area (TPSA) is 165 Å². The Bertz CT molecular complexity index is 661. The number of fused-ring (bicyclic) bond motifs is 1. The van der Waals surface area contributed by atoms with Crippen LogP contribution in [0.3, 0.4) is 0 Å². The maximum atomic E-state index is 10.1. The van der Waals surface area contributed by atoms with Crippen molar-refractivity contribution in [3.05, 3.63) is 12.4 Å². The summed E-state index contributed by atoms with van der Waals surface area (Å²) >= 11 is 0. The minimum absolute atomic E-state index is 0.212. The number of ether oxygens (including phenoxy) is 1. The molecule has 1 fully saturated rings. The van der Waals surface area contributed by atoms with E-state index in [0.717, 1.165) is 0 Å². The molecule has 8 N–H and O–H groups in total. The minimum atomic E-state index is -1.22. The monoisotopic (exact) mass is 296 g/mol. The van der Waals surface area contributed by atoms with Crippen molar-refractivity contribution in [1.29, 1.82) is 0 Å². The molecule has 1 saturated heterocycles. The first-order chi connectivity index (χ1) is 10.1. The molecule has 0 amide bonds. The fourth-order valence-electron chi connectivity index (χ4n) is 2.43. The van der Waals surface area contributed by atoms with Gasteiger partial charge in [-0.3, -0.25) is 10.4 Å². The van der Waals surface area contributed by atoms with Crippen LogP contribution in [-0.4, -0.2) is 54.8 Å². The maximum absolute atomic E-state index is 10.1. The number of imidazole rings is 1. The van der Waals surface area contributed by atoms with Crippen molar-refractivity contribution < 1.29 is 20.1 Å². The predicted octanol–water partition coefficient (Wildman–Crippen LogP) is -2.09. The number of rotatable bonds is 3. The molecule has 0 radical (unpaired) electrons. The molecule has 0 saturated carbocycles.